The highest BCUT2D eigenvalue weighted by molar-refractivity contribution is 7.92. The first-order chi connectivity index (χ1) is 15.6. The van der Waals surface area contributed by atoms with Gasteiger partial charge in [-0.15, -0.1) is 0 Å². The Morgan fingerprint density at radius 2 is 1.65 bits per heavy atom. The monoisotopic (exact) mass is 527 g/mol. The number of amides is 2. The highest BCUT2D eigenvalue weighted by Gasteiger charge is 2.31. The summed E-state index contributed by atoms with van der Waals surface area (Å²) in [6, 6.07) is 10.8. The second kappa shape index (κ2) is 11.0. The molecule has 0 aromatic heterocycles. The summed E-state index contributed by atoms with van der Waals surface area (Å²) in [6.45, 7) is 8.55. The minimum Gasteiger partial charge on any atom is -0.350 e. The Balaban J connectivity index is 2.41. The molecule has 2 aromatic carbocycles. The number of sulfonamides is 1. The maximum Gasteiger partial charge on any atom is 0.244 e. The fourth-order valence-electron chi connectivity index (χ4n) is 3.19. The second-order valence-corrected chi connectivity index (χ2v) is 12.0. The largest absolute Gasteiger partial charge is 0.350 e. The van der Waals surface area contributed by atoms with Crippen LogP contribution in [0.2, 0.25) is 10.0 Å². The van der Waals surface area contributed by atoms with Gasteiger partial charge < -0.3 is 10.2 Å². The van der Waals surface area contributed by atoms with Crippen LogP contribution in [0.5, 0.6) is 0 Å². The highest BCUT2D eigenvalue weighted by atomic mass is 35.5. The fraction of sp³-hybridized carbons (Fsp3) is 0.417. The summed E-state index contributed by atoms with van der Waals surface area (Å²) >= 11 is 12.2. The Kier molecular flexibility index (Phi) is 9.02. The van der Waals surface area contributed by atoms with Crippen molar-refractivity contribution < 1.29 is 18.0 Å². The van der Waals surface area contributed by atoms with Crippen LogP contribution in [0.15, 0.2) is 42.5 Å². The number of halogens is 2. The lowest BCUT2D eigenvalue weighted by Gasteiger charge is -2.33. The summed E-state index contributed by atoms with van der Waals surface area (Å²) in [6.07, 6.45) is 1.02. The summed E-state index contributed by atoms with van der Waals surface area (Å²) < 4.78 is 26.2. The molecule has 10 heteroatoms. The Morgan fingerprint density at radius 3 is 2.15 bits per heavy atom. The van der Waals surface area contributed by atoms with Crippen LogP contribution < -0.4 is 9.62 Å². The van der Waals surface area contributed by atoms with Crippen molar-refractivity contribution in [2.45, 2.75) is 52.7 Å². The van der Waals surface area contributed by atoms with Crippen molar-refractivity contribution in [2.24, 2.45) is 0 Å². The zero-order chi connectivity index (χ0) is 25.8. The van der Waals surface area contributed by atoms with Crippen molar-refractivity contribution in [1.82, 2.24) is 10.2 Å². The van der Waals surface area contributed by atoms with Gasteiger partial charge in [0.1, 0.15) is 12.6 Å². The Morgan fingerprint density at radius 1 is 1.06 bits per heavy atom. The topological polar surface area (TPSA) is 86.8 Å². The van der Waals surface area contributed by atoms with E-state index in [0.717, 1.165) is 21.7 Å². The smallest absolute Gasteiger partial charge is 0.244 e. The maximum absolute atomic E-state index is 13.5. The van der Waals surface area contributed by atoms with Crippen molar-refractivity contribution in [2.75, 3.05) is 17.1 Å². The quantitative estimate of drug-likeness (QED) is 0.551. The van der Waals surface area contributed by atoms with Crippen molar-refractivity contribution in [3.05, 3.63) is 63.6 Å². The molecular weight excluding hydrogens is 497 g/mol. The predicted octanol–water partition coefficient (Wildman–Crippen LogP) is 4.40. The summed E-state index contributed by atoms with van der Waals surface area (Å²) in [5, 5.41) is 3.80. The normalized spacial score (nSPS) is 12.7. The maximum atomic E-state index is 13.5. The van der Waals surface area contributed by atoms with E-state index in [9.17, 15) is 18.0 Å². The molecule has 0 saturated heterocycles. The van der Waals surface area contributed by atoms with Crippen molar-refractivity contribution in [3.63, 3.8) is 0 Å². The van der Waals surface area contributed by atoms with E-state index >= 15 is 0 Å². The third kappa shape index (κ3) is 7.89. The van der Waals surface area contributed by atoms with Gasteiger partial charge in [-0.05, 0) is 70.0 Å². The van der Waals surface area contributed by atoms with Gasteiger partial charge in [-0.25, -0.2) is 8.42 Å². The average molecular weight is 529 g/mol. The van der Waals surface area contributed by atoms with Crippen molar-refractivity contribution in [3.8, 4) is 0 Å². The molecule has 2 amide bonds. The fourth-order valence-corrected chi connectivity index (χ4v) is 4.34. The van der Waals surface area contributed by atoms with E-state index in [0.29, 0.717) is 10.0 Å². The predicted molar refractivity (Wildman–Crippen MR) is 138 cm³/mol. The van der Waals surface area contributed by atoms with Crippen molar-refractivity contribution in [1.29, 1.82) is 0 Å². The van der Waals surface area contributed by atoms with Crippen molar-refractivity contribution >= 4 is 50.7 Å². The molecule has 186 valence electrons. The Labute approximate surface area is 212 Å². The lowest BCUT2D eigenvalue weighted by molar-refractivity contribution is -0.140. The molecular formula is C24H31Cl2N3O4S. The van der Waals surface area contributed by atoms with Crippen LogP contribution in [-0.2, 0) is 26.2 Å². The van der Waals surface area contributed by atoms with Gasteiger partial charge in [0, 0.05) is 22.1 Å². The van der Waals surface area contributed by atoms with E-state index in [-0.39, 0.29) is 18.1 Å². The Bertz CT molecular complexity index is 1150. The molecule has 0 aliphatic rings. The molecule has 2 rings (SSSR count). The van der Waals surface area contributed by atoms with Crippen LogP contribution in [0.1, 0.15) is 38.8 Å². The number of hydrogen-bond acceptors (Lipinski definition) is 4. The minimum atomic E-state index is -3.82. The summed E-state index contributed by atoms with van der Waals surface area (Å²) in [4.78, 5) is 27.8. The van der Waals surface area contributed by atoms with E-state index in [2.05, 4.69) is 5.32 Å². The van der Waals surface area contributed by atoms with Gasteiger partial charge in [-0.3, -0.25) is 13.9 Å². The van der Waals surface area contributed by atoms with Gasteiger partial charge in [0.25, 0.3) is 0 Å². The molecule has 0 aliphatic heterocycles. The Hall–Kier alpha value is -2.29. The lowest BCUT2D eigenvalue weighted by atomic mass is 10.1. The van der Waals surface area contributed by atoms with Gasteiger partial charge in [-0.1, -0.05) is 41.4 Å². The third-order valence-corrected chi connectivity index (χ3v) is 6.85. The first-order valence-corrected chi connectivity index (χ1v) is 13.3. The molecule has 0 aliphatic carbocycles. The molecule has 0 bridgehead atoms. The van der Waals surface area contributed by atoms with E-state index in [1.54, 1.807) is 50.2 Å². The highest BCUT2D eigenvalue weighted by Crippen LogP contribution is 2.25. The number of benzene rings is 2. The van der Waals surface area contributed by atoms with Crippen LogP contribution in [0, 0.1) is 6.92 Å². The molecule has 0 heterocycles. The molecule has 0 radical (unpaired) electrons. The van der Waals surface area contributed by atoms with E-state index < -0.39 is 34.1 Å². The number of hydrogen-bond donors (Lipinski definition) is 1. The zero-order valence-corrected chi connectivity index (χ0v) is 22.6. The zero-order valence-electron chi connectivity index (χ0n) is 20.2. The lowest BCUT2D eigenvalue weighted by Crippen LogP contribution is -2.54. The number of anilines is 1. The van der Waals surface area contributed by atoms with Gasteiger partial charge in [-0.2, -0.15) is 0 Å². The number of nitrogens with one attached hydrogen (secondary N) is 1. The van der Waals surface area contributed by atoms with Gasteiger partial charge in [0.05, 0.1) is 11.9 Å². The van der Waals surface area contributed by atoms with Crippen LogP contribution in [0.25, 0.3) is 0 Å². The first-order valence-electron chi connectivity index (χ1n) is 10.7. The van der Waals surface area contributed by atoms with Crippen LogP contribution in [0.4, 0.5) is 5.69 Å². The molecule has 0 spiro atoms. The molecule has 2 aromatic rings. The molecule has 0 saturated carbocycles. The molecule has 0 fully saturated rings. The summed E-state index contributed by atoms with van der Waals surface area (Å²) in [5.74, 6) is -0.882. The standard InChI is InChI=1S/C24H31Cl2N3O4S/c1-16-7-12-20(13-21(16)26)29(34(6,32)33)15-22(30)28(14-18-8-10-19(25)11-9-18)17(2)23(31)27-24(3,4)5/h7-13,17H,14-15H2,1-6H3,(H,27,31)/t17-/m0/s1. The average Bonchev–Trinajstić information content (AvgIpc) is 2.71. The second-order valence-electron chi connectivity index (χ2n) is 9.27. The summed E-state index contributed by atoms with van der Waals surface area (Å²) in [5.41, 5.74) is 1.29. The van der Waals surface area contributed by atoms with Crippen LogP contribution >= 0.6 is 23.2 Å². The number of carbonyl (C=O) groups excluding carboxylic acids is 2. The number of nitrogens with zero attached hydrogens (tertiary/aromatic N) is 2. The van der Waals surface area contributed by atoms with Gasteiger partial charge in [0.15, 0.2) is 0 Å². The third-order valence-electron chi connectivity index (χ3n) is 5.05. The minimum absolute atomic E-state index is 0.0982. The number of rotatable bonds is 8. The molecule has 34 heavy (non-hydrogen) atoms. The first kappa shape index (κ1) is 28.0. The molecule has 7 nitrogen and oxygen atoms in total. The van der Waals surface area contributed by atoms with Crippen LogP contribution in [0.3, 0.4) is 0 Å². The summed E-state index contributed by atoms with van der Waals surface area (Å²) in [7, 11) is -3.82. The van der Waals surface area contributed by atoms with E-state index in [4.69, 9.17) is 23.2 Å². The SMILES string of the molecule is Cc1ccc(N(CC(=O)N(Cc2ccc(Cl)cc2)[C@@H](C)C(=O)NC(C)(C)C)S(C)(=O)=O)cc1Cl. The number of aryl methyl sites for hydroxylation is 1. The van der Waals surface area contributed by atoms with E-state index in [1.165, 1.54) is 11.0 Å². The molecule has 0 unspecified atom stereocenters. The number of carbonyl (C=O) groups is 2. The molecule has 1 N–H and O–H groups in total. The van der Waals surface area contributed by atoms with Crippen LogP contribution in [-0.4, -0.2) is 49.5 Å². The van der Waals surface area contributed by atoms with Gasteiger partial charge >= 0.3 is 0 Å². The molecule has 1 atom stereocenters. The van der Waals surface area contributed by atoms with E-state index in [1.807, 2.05) is 20.8 Å². The van der Waals surface area contributed by atoms with Gasteiger partial charge in [0.2, 0.25) is 21.8 Å².